The lowest BCUT2D eigenvalue weighted by atomic mass is 10.1. The van der Waals surface area contributed by atoms with Crippen LogP contribution in [0.1, 0.15) is 0 Å². The Kier molecular flexibility index (Phi) is 8.54. The minimum Gasteiger partial charge on any atom is -0.508 e. The summed E-state index contributed by atoms with van der Waals surface area (Å²) in [6, 6.07) is 21.0. The van der Waals surface area contributed by atoms with E-state index in [2.05, 4.69) is 26.6 Å². The van der Waals surface area contributed by atoms with E-state index in [0.717, 1.165) is 55.9 Å². The number of hydrogen-bond donors (Lipinski definition) is 3. The van der Waals surface area contributed by atoms with Crippen molar-refractivity contribution < 1.29 is 19.4 Å². The zero-order valence-electron chi connectivity index (χ0n) is 18.4. The van der Waals surface area contributed by atoms with Crippen molar-refractivity contribution in [3.8, 4) is 33.4 Å². The fraction of sp³-hybridized carbons (Fsp3) is 0.192. The SMILES string of the molecule is O=CCNCCNCCOc1ccc(Oc2c(-c3ccc(Br)cc3)sc3cc(O)ccc23)cc1. The summed E-state index contributed by atoms with van der Waals surface area (Å²) >= 11 is 5.08. The van der Waals surface area contributed by atoms with E-state index in [4.69, 9.17) is 9.47 Å². The van der Waals surface area contributed by atoms with Crippen LogP contribution in [0.5, 0.6) is 23.0 Å². The second-order valence-electron chi connectivity index (χ2n) is 7.49. The molecule has 1 aromatic heterocycles. The van der Waals surface area contributed by atoms with E-state index in [0.29, 0.717) is 25.4 Å². The van der Waals surface area contributed by atoms with Crippen molar-refractivity contribution in [3.05, 3.63) is 71.2 Å². The van der Waals surface area contributed by atoms with Crippen LogP contribution in [0.3, 0.4) is 0 Å². The van der Waals surface area contributed by atoms with Gasteiger partial charge in [0.05, 0.1) is 11.4 Å². The number of thiophene rings is 1. The first kappa shape index (κ1) is 24.2. The number of phenolic OH excluding ortho intramolecular Hbond substituents is 1. The van der Waals surface area contributed by atoms with Gasteiger partial charge in [0, 0.05) is 34.2 Å². The van der Waals surface area contributed by atoms with Gasteiger partial charge in [0.15, 0.2) is 5.75 Å². The third-order valence-electron chi connectivity index (χ3n) is 5.03. The summed E-state index contributed by atoms with van der Waals surface area (Å²) in [5.41, 5.74) is 1.05. The molecule has 0 radical (unpaired) electrons. The number of rotatable bonds is 12. The minimum atomic E-state index is 0.232. The second-order valence-corrected chi connectivity index (χ2v) is 9.46. The number of carbonyl (C=O) groups is 1. The number of carbonyl (C=O) groups excluding carboxylic acids is 1. The number of benzene rings is 3. The number of aldehydes is 1. The van der Waals surface area contributed by atoms with Gasteiger partial charge in [-0.3, -0.25) is 0 Å². The van der Waals surface area contributed by atoms with Crippen LogP contribution in [0.15, 0.2) is 71.2 Å². The standard InChI is InChI=1S/C26H25BrN2O4S/c27-19-3-1-18(2-4-19)26-25(23-10-5-20(31)17-24(23)34-26)33-22-8-6-21(7-9-22)32-16-14-29-12-11-28-13-15-30/h1-10,15,17,28-29,31H,11-14,16H2. The van der Waals surface area contributed by atoms with Gasteiger partial charge in [0.2, 0.25) is 0 Å². The van der Waals surface area contributed by atoms with Crippen molar-refractivity contribution >= 4 is 43.6 Å². The topological polar surface area (TPSA) is 79.8 Å². The van der Waals surface area contributed by atoms with E-state index in [1.54, 1.807) is 23.5 Å². The van der Waals surface area contributed by atoms with E-state index in [-0.39, 0.29) is 5.75 Å². The molecule has 0 atom stereocenters. The summed E-state index contributed by atoms with van der Waals surface area (Å²) < 4.78 is 14.1. The molecule has 3 N–H and O–H groups in total. The molecule has 1 heterocycles. The van der Waals surface area contributed by atoms with Gasteiger partial charge in [-0.15, -0.1) is 11.3 Å². The molecule has 6 nitrogen and oxygen atoms in total. The first-order chi connectivity index (χ1) is 16.6. The fourth-order valence-electron chi connectivity index (χ4n) is 3.38. The van der Waals surface area contributed by atoms with Crippen LogP contribution >= 0.6 is 27.3 Å². The normalized spacial score (nSPS) is 11.0. The van der Waals surface area contributed by atoms with Gasteiger partial charge in [-0.2, -0.15) is 0 Å². The molecule has 0 unspecified atom stereocenters. The van der Waals surface area contributed by atoms with Crippen LogP contribution in [0, 0.1) is 0 Å². The maximum atomic E-state index is 10.3. The molecule has 4 rings (SSSR count). The van der Waals surface area contributed by atoms with E-state index in [9.17, 15) is 9.90 Å². The maximum absolute atomic E-state index is 10.3. The van der Waals surface area contributed by atoms with Gasteiger partial charge in [0.25, 0.3) is 0 Å². The molecule has 0 fully saturated rings. The average Bonchev–Trinajstić information content (AvgIpc) is 3.19. The van der Waals surface area contributed by atoms with Crippen molar-refractivity contribution in [3.63, 3.8) is 0 Å². The number of halogens is 1. The molecule has 0 saturated carbocycles. The highest BCUT2D eigenvalue weighted by atomic mass is 79.9. The monoisotopic (exact) mass is 540 g/mol. The molecule has 0 saturated heterocycles. The van der Waals surface area contributed by atoms with Crippen molar-refractivity contribution in [2.24, 2.45) is 0 Å². The average molecular weight is 541 g/mol. The van der Waals surface area contributed by atoms with Crippen LogP contribution < -0.4 is 20.1 Å². The molecule has 0 amide bonds. The Morgan fingerprint density at radius 2 is 1.65 bits per heavy atom. The van der Waals surface area contributed by atoms with Gasteiger partial charge in [-0.25, -0.2) is 0 Å². The molecule has 0 aliphatic carbocycles. The Bertz CT molecular complexity index is 1230. The summed E-state index contributed by atoms with van der Waals surface area (Å²) in [5.74, 6) is 2.47. The molecule has 34 heavy (non-hydrogen) atoms. The Morgan fingerprint density at radius 3 is 2.41 bits per heavy atom. The predicted octanol–water partition coefficient (Wildman–Crippen LogP) is 5.59. The molecular weight excluding hydrogens is 516 g/mol. The molecule has 176 valence electrons. The first-order valence-corrected chi connectivity index (χ1v) is 12.5. The second kappa shape index (κ2) is 12.0. The fourth-order valence-corrected chi connectivity index (χ4v) is 4.81. The van der Waals surface area contributed by atoms with E-state index < -0.39 is 0 Å². The summed E-state index contributed by atoms with van der Waals surface area (Å²) in [4.78, 5) is 11.3. The van der Waals surface area contributed by atoms with Crippen LogP contribution in [-0.2, 0) is 4.79 Å². The highest BCUT2D eigenvalue weighted by molar-refractivity contribution is 9.10. The zero-order valence-corrected chi connectivity index (χ0v) is 20.8. The van der Waals surface area contributed by atoms with Crippen LogP contribution in [-0.4, -0.2) is 44.2 Å². The summed E-state index contributed by atoms with van der Waals surface area (Å²) in [7, 11) is 0. The molecule has 3 aromatic carbocycles. The Morgan fingerprint density at radius 1 is 0.912 bits per heavy atom. The maximum Gasteiger partial charge on any atom is 0.153 e. The van der Waals surface area contributed by atoms with E-state index in [1.807, 2.05) is 54.6 Å². The number of hydrogen-bond acceptors (Lipinski definition) is 7. The van der Waals surface area contributed by atoms with E-state index in [1.165, 1.54) is 0 Å². The first-order valence-electron chi connectivity index (χ1n) is 10.9. The number of fused-ring (bicyclic) bond motifs is 1. The molecule has 0 aliphatic rings. The molecule has 8 heteroatoms. The Labute approximate surface area is 210 Å². The smallest absolute Gasteiger partial charge is 0.153 e. The number of ether oxygens (including phenoxy) is 2. The summed E-state index contributed by atoms with van der Waals surface area (Å²) in [5, 5.41) is 17.1. The Hall–Kier alpha value is -2.91. The van der Waals surface area contributed by atoms with Gasteiger partial charge in [-0.05, 0) is 60.2 Å². The van der Waals surface area contributed by atoms with Gasteiger partial charge < -0.3 is 30.0 Å². The van der Waals surface area contributed by atoms with E-state index >= 15 is 0 Å². The molecular formula is C26H25BrN2O4S. The quantitative estimate of drug-likeness (QED) is 0.160. The summed E-state index contributed by atoms with van der Waals surface area (Å²) in [6.45, 7) is 3.15. The predicted molar refractivity (Wildman–Crippen MR) is 140 cm³/mol. The minimum absolute atomic E-state index is 0.232. The van der Waals surface area contributed by atoms with Gasteiger partial charge in [0.1, 0.15) is 30.1 Å². The number of phenols is 1. The lowest BCUT2D eigenvalue weighted by molar-refractivity contribution is -0.107. The number of nitrogens with one attached hydrogen (secondary N) is 2. The molecule has 0 aliphatic heterocycles. The van der Waals surface area contributed by atoms with Crippen molar-refractivity contribution in [1.82, 2.24) is 10.6 Å². The molecule has 4 aromatic rings. The highest BCUT2D eigenvalue weighted by Gasteiger charge is 2.17. The van der Waals surface area contributed by atoms with Crippen molar-refractivity contribution in [1.29, 1.82) is 0 Å². The van der Waals surface area contributed by atoms with Crippen LogP contribution in [0.4, 0.5) is 0 Å². The number of aromatic hydroxyl groups is 1. The molecule has 0 spiro atoms. The Balaban J connectivity index is 1.42. The largest absolute Gasteiger partial charge is 0.508 e. The van der Waals surface area contributed by atoms with Crippen LogP contribution in [0.25, 0.3) is 20.5 Å². The lowest BCUT2D eigenvalue weighted by Crippen LogP contribution is -2.30. The van der Waals surface area contributed by atoms with Crippen molar-refractivity contribution in [2.45, 2.75) is 0 Å². The third kappa shape index (κ3) is 6.36. The zero-order chi connectivity index (χ0) is 23.8. The molecule has 0 bridgehead atoms. The lowest BCUT2D eigenvalue weighted by Gasteiger charge is -2.10. The van der Waals surface area contributed by atoms with Crippen LogP contribution in [0.2, 0.25) is 0 Å². The van der Waals surface area contributed by atoms with Gasteiger partial charge in [-0.1, -0.05) is 28.1 Å². The summed E-state index contributed by atoms with van der Waals surface area (Å²) in [6.07, 6.45) is 0.851. The third-order valence-corrected chi connectivity index (χ3v) is 6.74. The highest BCUT2D eigenvalue weighted by Crippen LogP contribution is 2.47. The van der Waals surface area contributed by atoms with Gasteiger partial charge >= 0.3 is 0 Å². The van der Waals surface area contributed by atoms with Crippen molar-refractivity contribution in [2.75, 3.05) is 32.8 Å².